The van der Waals surface area contributed by atoms with Crippen LogP contribution in [0.5, 0.6) is 0 Å². The third-order valence-corrected chi connectivity index (χ3v) is 7.02. The molecule has 0 bridgehead atoms. The maximum atomic E-state index is 13.5. The van der Waals surface area contributed by atoms with Gasteiger partial charge < -0.3 is 10.0 Å². The summed E-state index contributed by atoms with van der Waals surface area (Å²) in [6.07, 6.45) is 5.83. The molecule has 1 saturated heterocycles. The highest BCUT2D eigenvalue weighted by Gasteiger charge is 2.41. The predicted octanol–water partition coefficient (Wildman–Crippen LogP) is 5.94. The van der Waals surface area contributed by atoms with Crippen molar-refractivity contribution in [2.24, 2.45) is 0 Å². The van der Waals surface area contributed by atoms with E-state index in [4.69, 9.17) is 11.6 Å². The van der Waals surface area contributed by atoms with Crippen molar-refractivity contribution < 1.29 is 14.3 Å². The van der Waals surface area contributed by atoms with E-state index in [-0.39, 0.29) is 29.8 Å². The summed E-state index contributed by atoms with van der Waals surface area (Å²) in [4.78, 5) is 19.4. The second-order valence-electron chi connectivity index (χ2n) is 8.82. The Kier molecular flexibility index (Phi) is 7.11. The van der Waals surface area contributed by atoms with E-state index in [1.54, 1.807) is 24.5 Å². The number of hydrogen-bond acceptors (Lipinski definition) is 3. The van der Waals surface area contributed by atoms with Gasteiger partial charge in [-0.15, -0.1) is 0 Å². The first-order chi connectivity index (χ1) is 15.9. The van der Waals surface area contributed by atoms with Crippen LogP contribution < -0.4 is 0 Å². The molecule has 0 spiro atoms. The van der Waals surface area contributed by atoms with Gasteiger partial charge in [0.15, 0.2) is 0 Å². The molecule has 1 aliphatic heterocycles. The molecule has 0 radical (unpaired) electrons. The fourth-order valence-corrected chi connectivity index (χ4v) is 5.05. The van der Waals surface area contributed by atoms with Crippen LogP contribution >= 0.6 is 11.6 Å². The van der Waals surface area contributed by atoms with E-state index in [0.717, 1.165) is 28.7 Å². The second kappa shape index (κ2) is 10.0. The zero-order valence-corrected chi connectivity index (χ0v) is 19.4. The Morgan fingerprint density at radius 2 is 1.85 bits per heavy atom. The van der Waals surface area contributed by atoms with E-state index < -0.39 is 0 Å². The molecule has 1 amide bonds. The summed E-state index contributed by atoms with van der Waals surface area (Å²) in [5.41, 5.74) is 3.63. The number of benzene rings is 2. The number of aliphatic hydroxyl groups is 1. The first-order valence-electron chi connectivity index (χ1n) is 11.3. The maximum absolute atomic E-state index is 13.5. The topological polar surface area (TPSA) is 53.4 Å². The van der Waals surface area contributed by atoms with Gasteiger partial charge in [-0.3, -0.25) is 9.78 Å². The van der Waals surface area contributed by atoms with Crippen molar-refractivity contribution in [1.29, 1.82) is 0 Å². The second-order valence-corrected chi connectivity index (χ2v) is 9.25. The molecule has 3 aromatic rings. The van der Waals surface area contributed by atoms with E-state index in [2.05, 4.69) is 4.98 Å². The summed E-state index contributed by atoms with van der Waals surface area (Å²) in [6.45, 7) is 2.74. The van der Waals surface area contributed by atoms with Crippen molar-refractivity contribution in [3.05, 3.63) is 89.0 Å². The van der Waals surface area contributed by atoms with Crippen LogP contribution in [0.4, 0.5) is 4.39 Å². The Balaban J connectivity index is 1.51. The summed E-state index contributed by atoms with van der Waals surface area (Å²) in [6, 6.07) is 16.4. The smallest absolute Gasteiger partial charge is 0.223 e. The van der Waals surface area contributed by atoms with Crippen LogP contribution in [0.1, 0.15) is 49.8 Å². The number of piperidine rings is 1. The van der Waals surface area contributed by atoms with E-state index in [0.29, 0.717) is 30.8 Å². The number of amides is 1. The predicted molar refractivity (Wildman–Crippen MR) is 128 cm³/mol. The van der Waals surface area contributed by atoms with Crippen molar-refractivity contribution in [2.45, 2.75) is 44.1 Å². The van der Waals surface area contributed by atoms with Crippen LogP contribution in [-0.4, -0.2) is 34.0 Å². The molecule has 1 aliphatic rings. The van der Waals surface area contributed by atoms with Crippen molar-refractivity contribution >= 4 is 17.5 Å². The standard InChI is InChI=1S/C27H28ClFN2O2/c1-19(20-3-5-21(6-4-20)22-15-24(28)18-30-17-22)31-13-12-27(11-2-14-32,16-26(31)33)23-7-9-25(29)10-8-23/h3-10,15,17-19,32H,2,11-14,16H2,1H3/t19-,27-/m0/s1. The van der Waals surface area contributed by atoms with Crippen molar-refractivity contribution in [3.63, 3.8) is 0 Å². The van der Waals surface area contributed by atoms with Gasteiger partial charge in [0.1, 0.15) is 5.82 Å². The van der Waals surface area contributed by atoms with Gasteiger partial charge in [0.05, 0.1) is 11.1 Å². The quantitative estimate of drug-likeness (QED) is 0.469. The molecule has 33 heavy (non-hydrogen) atoms. The molecule has 2 atom stereocenters. The van der Waals surface area contributed by atoms with Gasteiger partial charge in [-0.25, -0.2) is 4.39 Å². The zero-order chi connectivity index (χ0) is 23.4. The fourth-order valence-electron chi connectivity index (χ4n) is 4.88. The van der Waals surface area contributed by atoms with E-state index in [9.17, 15) is 14.3 Å². The number of likely N-dealkylation sites (tertiary alicyclic amines) is 1. The van der Waals surface area contributed by atoms with Gasteiger partial charge in [0.2, 0.25) is 5.91 Å². The lowest BCUT2D eigenvalue weighted by Crippen LogP contribution is -2.47. The lowest BCUT2D eigenvalue weighted by atomic mass is 9.69. The molecule has 2 heterocycles. The van der Waals surface area contributed by atoms with Gasteiger partial charge >= 0.3 is 0 Å². The maximum Gasteiger partial charge on any atom is 0.223 e. The zero-order valence-electron chi connectivity index (χ0n) is 18.7. The van der Waals surface area contributed by atoms with Crippen LogP contribution in [-0.2, 0) is 10.2 Å². The summed E-state index contributed by atoms with van der Waals surface area (Å²) in [5.74, 6) is -0.204. The molecule has 0 unspecified atom stereocenters. The summed E-state index contributed by atoms with van der Waals surface area (Å²) in [5, 5.41) is 10.0. The van der Waals surface area contributed by atoms with Gasteiger partial charge in [-0.1, -0.05) is 48.0 Å². The van der Waals surface area contributed by atoms with Crippen molar-refractivity contribution in [2.75, 3.05) is 13.2 Å². The molecular weight excluding hydrogens is 439 g/mol. The highest BCUT2D eigenvalue weighted by molar-refractivity contribution is 6.30. The van der Waals surface area contributed by atoms with Crippen LogP contribution in [0.3, 0.4) is 0 Å². The van der Waals surface area contributed by atoms with Crippen LogP contribution in [0.15, 0.2) is 67.0 Å². The van der Waals surface area contributed by atoms with Crippen LogP contribution in [0, 0.1) is 5.82 Å². The Hall–Kier alpha value is -2.76. The van der Waals surface area contributed by atoms with Crippen LogP contribution in [0.25, 0.3) is 11.1 Å². The van der Waals surface area contributed by atoms with Gasteiger partial charge in [0.25, 0.3) is 0 Å². The summed E-state index contributed by atoms with van der Waals surface area (Å²) in [7, 11) is 0. The van der Waals surface area contributed by atoms with Gasteiger partial charge in [-0.2, -0.15) is 0 Å². The molecule has 1 fully saturated rings. The molecule has 2 aromatic carbocycles. The van der Waals surface area contributed by atoms with E-state index in [1.807, 2.05) is 42.2 Å². The minimum Gasteiger partial charge on any atom is -0.396 e. The molecule has 1 N–H and O–H groups in total. The molecule has 6 heteroatoms. The number of carbonyl (C=O) groups excluding carboxylic acids is 1. The molecule has 0 aliphatic carbocycles. The molecule has 0 saturated carbocycles. The lowest BCUT2D eigenvalue weighted by Gasteiger charge is -2.44. The number of pyridine rings is 1. The Morgan fingerprint density at radius 3 is 2.48 bits per heavy atom. The third kappa shape index (κ3) is 5.10. The molecule has 4 nitrogen and oxygen atoms in total. The normalized spacial score (nSPS) is 19.5. The van der Waals surface area contributed by atoms with Gasteiger partial charge in [-0.05, 0) is 61.1 Å². The number of nitrogens with zero attached hydrogens (tertiary/aromatic N) is 2. The Morgan fingerprint density at radius 1 is 1.12 bits per heavy atom. The van der Waals surface area contributed by atoms with E-state index in [1.165, 1.54) is 12.1 Å². The Bertz CT molecular complexity index is 1100. The number of carbonyl (C=O) groups is 1. The van der Waals surface area contributed by atoms with E-state index >= 15 is 0 Å². The number of halogens is 2. The average Bonchev–Trinajstić information content (AvgIpc) is 2.83. The SMILES string of the molecule is C[C@@H](c1ccc(-c2cncc(Cl)c2)cc1)N1CC[C@](CCCO)(c2ccc(F)cc2)CC1=O. The third-order valence-electron chi connectivity index (χ3n) is 6.81. The van der Waals surface area contributed by atoms with Gasteiger partial charge in [0, 0.05) is 42.9 Å². The molecular formula is C27H28ClFN2O2. The average molecular weight is 467 g/mol. The first kappa shape index (κ1) is 23.4. The molecule has 4 rings (SSSR count). The number of hydrogen-bond donors (Lipinski definition) is 1. The molecule has 172 valence electrons. The first-order valence-corrected chi connectivity index (χ1v) is 11.7. The molecule has 1 aromatic heterocycles. The summed E-state index contributed by atoms with van der Waals surface area (Å²) < 4.78 is 13.5. The minimum atomic E-state index is -0.368. The fraction of sp³-hybridized carbons (Fsp3) is 0.333. The number of rotatable bonds is 7. The number of aromatic nitrogens is 1. The Labute approximate surface area is 199 Å². The lowest BCUT2D eigenvalue weighted by molar-refractivity contribution is -0.138. The monoisotopic (exact) mass is 466 g/mol. The highest BCUT2D eigenvalue weighted by atomic mass is 35.5. The van der Waals surface area contributed by atoms with Crippen LogP contribution in [0.2, 0.25) is 5.02 Å². The highest BCUT2D eigenvalue weighted by Crippen LogP contribution is 2.42. The van der Waals surface area contributed by atoms with Crippen molar-refractivity contribution in [3.8, 4) is 11.1 Å². The van der Waals surface area contributed by atoms with Crippen molar-refractivity contribution in [1.82, 2.24) is 9.88 Å². The largest absolute Gasteiger partial charge is 0.396 e. The summed E-state index contributed by atoms with van der Waals surface area (Å²) >= 11 is 6.06. The number of aliphatic hydroxyl groups excluding tert-OH is 1. The minimum absolute atomic E-state index is 0.0619.